The SMILES string of the molecule is CC[C@H]1CCC[C@H](O[C@H]2CC[C@H](N(C)C)C(C)O2)[C@@H](C)C(=O)C2=C[C@H]3[C@@H]4C[C@H](O[C@@H]5OC(C)[C@H](OC)C(OC)[C@@H]5OC)C[C@H]4[C@H]4[C@@H]([C@H]3[C@@H]2CC(=O)O1)N4c1nc2cccc(Cl)c2s1. The minimum absolute atomic E-state index is 0.00192. The Labute approximate surface area is 381 Å². The van der Waals surface area contributed by atoms with Crippen molar-refractivity contribution in [3.63, 3.8) is 0 Å². The van der Waals surface area contributed by atoms with Gasteiger partial charge in [-0.15, -0.1) is 0 Å². The fourth-order valence-corrected chi connectivity index (χ4v) is 14.3. The number of allylic oxidation sites excluding steroid dienone is 2. The predicted octanol–water partition coefficient (Wildman–Crippen LogP) is 7.45. The lowest BCUT2D eigenvalue weighted by Gasteiger charge is -2.44. The summed E-state index contributed by atoms with van der Waals surface area (Å²) >= 11 is 8.36. The molecule has 4 aliphatic heterocycles. The van der Waals surface area contributed by atoms with Crippen LogP contribution in [0.4, 0.5) is 5.13 Å². The summed E-state index contributed by atoms with van der Waals surface area (Å²) < 4.78 is 51.7. The van der Waals surface area contributed by atoms with Gasteiger partial charge >= 0.3 is 5.97 Å². The molecule has 13 nitrogen and oxygen atoms in total. The van der Waals surface area contributed by atoms with E-state index in [0.717, 1.165) is 65.9 Å². The van der Waals surface area contributed by atoms with E-state index < -0.39 is 18.3 Å². The normalized spacial score (nSPS) is 43.1. The van der Waals surface area contributed by atoms with Crippen LogP contribution in [0.15, 0.2) is 29.8 Å². The molecule has 0 radical (unpaired) electrons. The molecule has 3 unspecified atom stereocenters. The number of cyclic esters (lactones) is 1. The zero-order valence-electron chi connectivity index (χ0n) is 38.4. The van der Waals surface area contributed by atoms with Crippen molar-refractivity contribution in [1.82, 2.24) is 9.88 Å². The number of hydrogen-bond acceptors (Lipinski definition) is 14. The number of thiazole rings is 1. The second-order valence-electron chi connectivity index (χ2n) is 19.6. The molecule has 5 heterocycles. The lowest BCUT2D eigenvalue weighted by atomic mass is 9.66. The quantitative estimate of drug-likeness (QED) is 0.173. The first kappa shape index (κ1) is 45.9. The number of esters is 1. The van der Waals surface area contributed by atoms with Gasteiger partial charge in [-0.25, -0.2) is 4.98 Å². The molecule has 15 heteroatoms. The van der Waals surface area contributed by atoms with E-state index in [1.54, 1.807) is 32.7 Å². The topological polar surface area (TPSA) is 127 Å². The number of ether oxygens (including phenoxy) is 8. The average Bonchev–Trinajstić information content (AvgIpc) is 3.51. The fourth-order valence-electron chi connectivity index (χ4n) is 12.9. The molecular weight excluding hydrogens is 846 g/mol. The lowest BCUT2D eigenvalue weighted by Crippen LogP contribution is -2.59. The molecule has 2 saturated carbocycles. The number of aromatic nitrogens is 1. The van der Waals surface area contributed by atoms with Gasteiger partial charge in [0.1, 0.15) is 24.4 Å². The van der Waals surface area contributed by atoms with Crippen LogP contribution in [-0.4, -0.2) is 137 Å². The summed E-state index contributed by atoms with van der Waals surface area (Å²) in [6, 6.07) is 6.41. The molecule has 19 atom stereocenters. The monoisotopic (exact) mass is 913 g/mol. The van der Waals surface area contributed by atoms with E-state index in [-0.39, 0.29) is 109 Å². The van der Waals surface area contributed by atoms with Crippen molar-refractivity contribution in [3.05, 3.63) is 34.9 Å². The van der Waals surface area contributed by atoms with Crippen LogP contribution in [0.3, 0.4) is 0 Å². The van der Waals surface area contributed by atoms with E-state index >= 15 is 4.79 Å². The molecule has 348 valence electrons. The van der Waals surface area contributed by atoms with Crippen molar-refractivity contribution < 1.29 is 47.5 Å². The Morgan fingerprint density at radius 3 is 2.37 bits per heavy atom. The van der Waals surface area contributed by atoms with E-state index in [0.29, 0.717) is 17.5 Å². The van der Waals surface area contributed by atoms with Gasteiger partial charge in [0.2, 0.25) is 0 Å². The molecule has 1 aromatic heterocycles. The number of methoxy groups -OCH3 is 3. The third-order valence-corrected chi connectivity index (χ3v) is 17.5. The van der Waals surface area contributed by atoms with Crippen molar-refractivity contribution in [2.24, 2.45) is 35.5 Å². The molecule has 0 bridgehead atoms. The molecule has 0 spiro atoms. The standard InChI is InChI=1S/C48H68ClN3O10S/c1-10-26-13-11-16-36(62-38-18-17-35(51(5)6)24(3)58-38)23(2)42(54)32-21-29-28-19-27(61-47-45(57-9)44(56-8)43(55-7)25(4)59-47)20-31(28)40-41(39(29)30(32)22-37(53)60-26)52(40)48-50-34-15-12-14-33(49)46(34)63-48/h12,14-15,21,23-31,35-36,38-41,43-45,47H,10-11,13,16-20,22H2,1-9H3/t23-,24?,25?,26+,27+,28+,29+,30-,31-,35+,36+,38+,39-,40+,41-,43+,44?,45+,47+,52?/m1/s1. The largest absolute Gasteiger partial charge is 0.462 e. The van der Waals surface area contributed by atoms with Gasteiger partial charge in [0.05, 0.1) is 58.2 Å². The molecular formula is C48H68ClN3O10S. The van der Waals surface area contributed by atoms with Crippen molar-refractivity contribution >= 4 is 50.0 Å². The molecule has 0 N–H and O–H groups in total. The Bertz CT molecular complexity index is 2000. The summed E-state index contributed by atoms with van der Waals surface area (Å²) in [5.74, 6) is -0.396. The molecule has 6 fully saturated rings. The van der Waals surface area contributed by atoms with Gasteiger partial charge < -0.3 is 47.7 Å². The number of anilines is 1. The molecule has 7 aliphatic rings. The number of carbonyl (C=O) groups excluding carboxylic acids is 2. The first-order valence-corrected chi connectivity index (χ1v) is 24.7. The van der Waals surface area contributed by atoms with Gasteiger partial charge in [0.15, 0.2) is 23.5 Å². The van der Waals surface area contributed by atoms with Crippen molar-refractivity contribution in [2.75, 3.05) is 40.3 Å². The van der Waals surface area contributed by atoms with Crippen LogP contribution < -0.4 is 4.90 Å². The maximum atomic E-state index is 15.3. The maximum Gasteiger partial charge on any atom is 0.306 e. The van der Waals surface area contributed by atoms with Gasteiger partial charge in [-0.3, -0.25) is 9.59 Å². The fraction of sp³-hybridized carbons (Fsp3) is 0.771. The number of Topliss-reactive ketones (excluding diaryl/α,β-unsaturated/α-hetero) is 1. The van der Waals surface area contributed by atoms with E-state index in [1.807, 2.05) is 32.0 Å². The highest BCUT2D eigenvalue weighted by atomic mass is 35.5. The van der Waals surface area contributed by atoms with Gasteiger partial charge in [-0.05, 0) is 121 Å². The van der Waals surface area contributed by atoms with Crippen molar-refractivity contribution in [2.45, 2.75) is 165 Å². The highest BCUT2D eigenvalue weighted by molar-refractivity contribution is 7.22. The summed E-state index contributed by atoms with van der Waals surface area (Å²) in [5, 5.41) is 1.61. The zero-order valence-corrected chi connectivity index (χ0v) is 39.9. The van der Waals surface area contributed by atoms with Crippen LogP contribution in [0.1, 0.15) is 85.5 Å². The van der Waals surface area contributed by atoms with Crippen LogP contribution in [-0.2, 0) is 47.5 Å². The Morgan fingerprint density at radius 1 is 0.905 bits per heavy atom. The number of fused-ring (bicyclic) bond motifs is 9. The Morgan fingerprint density at radius 2 is 1.67 bits per heavy atom. The van der Waals surface area contributed by atoms with Gasteiger partial charge in [-0.2, -0.15) is 0 Å². The minimum Gasteiger partial charge on any atom is -0.462 e. The smallest absolute Gasteiger partial charge is 0.306 e. The highest BCUT2D eigenvalue weighted by Gasteiger charge is 2.70. The number of rotatable bonds is 10. The molecule has 3 aliphatic carbocycles. The van der Waals surface area contributed by atoms with Gasteiger partial charge in [0, 0.05) is 39.2 Å². The number of ketones is 1. The zero-order chi connectivity index (χ0) is 44.4. The number of benzene rings is 1. The third-order valence-electron chi connectivity index (χ3n) is 16.0. The third kappa shape index (κ3) is 8.54. The van der Waals surface area contributed by atoms with Crippen LogP contribution in [0.25, 0.3) is 10.2 Å². The second kappa shape index (κ2) is 18.8. The van der Waals surface area contributed by atoms with E-state index in [2.05, 4.69) is 43.8 Å². The van der Waals surface area contributed by atoms with Crippen LogP contribution in [0.5, 0.6) is 0 Å². The van der Waals surface area contributed by atoms with Crippen molar-refractivity contribution in [3.8, 4) is 0 Å². The predicted molar refractivity (Wildman–Crippen MR) is 240 cm³/mol. The summed E-state index contributed by atoms with van der Waals surface area (Å²) in [7, 11) is 9.18. The summed E-state index contributed by atoms with van der Waals surface area (Å²) in [5.41, 5.74) is 1.62. The van der Waals surface area contributed by atoms with Crippen LogP contribution >= 0.6 is 22.9 Å². The first-order valence-electron chi connectivity index (χ1n) is 23.5. The lowest BCUT2D eigenvalue weighted by molar-refractivity contribution is -0.314. The van der Waals surface area contributed by atoms with E-state index in [4.69, 9.17) is 54.5 Å². The van der Waals surface area contributed by atoms with E-state index in [1.165, 1.54) is 0 Å². The number of nitrogens with zero attached hydrogens (tertiary/aromatic N) is 3. The first-order chi connectivity index (χ1) is 30.3. The van der Waals surface area contributed by atoms with Gasteiger partial charge in [0.25, 0.3) is 0 Å². The molecule has 9 rings (SSSR count). The summed E-state index contributed by atoms with van der Waals surface area (Å²) in [4.78, 5) is 39.2. The molecule has 4 saturated heterocycles. The number of carbonyl (C=O) groups is 2. The molecule has 63 heavy (non-hydrogen) atoms. The minimum atomic E-state index is -0.651. The maximum absolute atomic E-state index is 15.3. The highest BCUT2D eigenvalue weighted by Crippen LogP contribution is 2.65. The average molecular weight is 915 g/mol. The number of halogens is 1. The Hall–Kier alpha value is -2.24. The molecule has 1 aromatic carbocycles. The second-order valence-corrected chi connectivity index (χ2v) is 21.0. The Balaban J connectivity index is 1.05. The summed E-state index contributed by atoms with van der Waals surface area (Å²) in [6.07, 6.45) is 5.55. The van der Waals surface area contributed by atoms with Gasteiger partial charge in [-0.1, -0.05) is 48.9 Å². The number of likely N-dealkylation sites (N-methyl/N-ethyl adjacent to an activating group) is 1. The summed E-state index contributed by atoms with van der Waals surface area (Å²) in [6.45, 7) is 8.20. The van der Waals surface area contributed by atoms with E-state index in [9.17, 15) is 4.79 Å². The Kier molecular flexibility index (Phi) is 13.7. The van der Waals surface area contributed by atoms with Crippen LogP contribution in [0, 0.1) is 35.5 Å². The molecule has 2 aromatic rings. The van der Waals surface area contributed by atoms with Crippen molar-refractivity contribution in [1.29, 1.82) is 0 Å². The molecule has 0 amide bonds. The number of hydrogen-bond donors (Lipinski definition) is 0. The van der Waals surface area contributed by atoms with Crippen LogP contribution in [0.2, 0.25) is 5.02 Å².